The standard InChI is InChI=1S/C9H7N.C8H7NO/c1-2-6-9-8(4-1)5-3-7-10-9;10-8-5-6-3-1-2-4-7(6)9-8/h1-7H;1-4H,5H2,(H,9,10). The molecule has 0 aliphatic carbocycles. The summed E-state index contributed by atoms with van der Waals surface area (Å²) in [5.41, 5.74) is 3.13. The number of hydrogen-bond acceptors (Lipinski definition) is 2. The average molecular weight is 262 g/mol. The number of fused-ring (bicyclic) bond motifs is 2. The van der Waals surface area contributed by atoms with Crippen LogP contribution in [0, 0.1) is 0 Å². The number of carbonyl (C=O) groups is 1. The monoisotopic (exact) mass is 262 g/mol. The summed E-state index contributed by atoms with van der Waals surface area (Å²) < 4.78 is 0. The van der Waals surface area contributed by atoms with E-state index in [2.05, 4.69) is 22.4 Å². The maximum Gasteiger partial charge on any atom is 0.228 e. The molecule has 1 aliphatic heterocycles. The number of rotatable bonds is 0. The first-order chi connectivity index (χ1) is 9.83. The van der Waals surface area contributed by atoms with Gasteiger partial charge in [-0.15, -0.1) is 0 Å². The fourth-order valence-electron chi connectivity index (χ4n) is 2.18. The van der Waals surface area contributed by atoms with Crippen LogP contribution in [0.4, 0.5) is 5.69 Å². The Kier molecular flexibility index (Phi) is 3.42. The third-order valence-corrected chi connectivity index (χ3v) is 3.15. The number of carbonyl (C=O) groups excluding carboxylic acids is 1. The molecular weight excluding hydrogens is 248 g/mol. The Morgan fingerprint density at radius 2 is 1.65 bits per heavy atom. The van der Waals surface area contributed by atoms with E-state index in [4.69, 9.17) is 0 Å². The predicted octanol–water partition coefficient (Wildman–Crippen LogP) is 3.42. The summed E-state index contributed by atoms with van der Waals surface area (Å²) in [5, 5.41) is 3.96. The van der Waals surface area contributed by atoms with Crippen LogP contribution < -0.4 is 5.32 Å². The van der Waals surface area contributed by atoms with E-state index in [0.29, 0.717) is 6.42 Å². The molecule has 1 amide bonds. The van der Waals surface area contributed by atoms with Crippen LogP contribution in [-0.2, 0) is 11.2 Å². The van der Waals surface area contributed by atoms with Crippen LogP contribution in [0.15, 0.2) is 66.9 Å². The van der Waals surface area contributed by atoms with Gasteiger partial charge in [0.15, 0.2) is 0 Å². The van der Waals surface area contributed by atoms with Gasteiger partial charge in [-0.3, -0.25) is 9.78 Å². The third kappa shape index (κ3) is 2.67. The highest BCUT2D eigenvalue weighted by molar-refractivity contribution is 5.98. The SMILES string of the molecule is O=C1Cc2ccccc2N1.c1ccc2ncccc2c1. The fraction of sp³-hybridized carbons (Fsp3) is 0.0588. The van der Waals surface area contributed by atoms with Crippen molar-refractivity contribution >= 4 is 22.5 Å². The summed E-state index contributed by atoms with van der Waals surface area (Å²) in [6, 6.07) is 19.8. The van der Waals surface area contributed by atoms with Crippen LogP contribution in [0.3, 0.4) is 0 Å². The van der Waals surface area contributed by atoms with Crippen molar-refractivity contribution in [3.63, 3.8) is 0 Å². The van der Waals surface area contributed by atoms with Crippen molar-refractivity contribution in [2.45, 2.75) is 6.42 Å². The third-order valence-electron chi connectivity index (χ3n) is 3.15. The summed E-state index contributed by atoms with van der Waals surface area (Å²) in [4.78, 5) is 15.0. The molecule has 1 aromatic heterocycles. The van der Waals surface area contributed by atoms with Crippen LogP contribution in [0.1, 0.15) is 5.56 Å². The largest absolute Gasteiger partial charge is 0.326 e. The van der Waals surface area contributed by atoms with E-state index in [-0.39, 0.29) is 5.91 Å². The minimum absolute atomic E-state index is 0.0983. The van der Waals surface area contributed by atoms with Gasteiger partial charge >= 0.3 is 0 Å². The van der Waals surface area contributed by atoms with Crippen molar-refractivity contribution in [1.29, 1.82) is 0 Å². The van der Waals surface area contributed by atoms with Crippen LogP contribution >= 0.6 is 0 Å². The number of nitrogens with zero attached hydrogens (tertiary/aromatic N) is 1. The van der Waals surface area contributed by atoms with Crippen molar-refractivity contribution < 1.29 is 4.79 Å². The number of amides is 1. The average Bonchev–Trinajstić information content (AvgIpc) is 2.88. The van der Waals surface area contributed by atoms with Gasteiger partial charge < -0.3 is 5.32 Å². The molecule has 0 spiro atoms. The Balaban J connectivity index is 0.000000121. The molecular formula is C17H14N2O. The molecule has 4 rings (SSSR count). The Morgan fingerprint density at radius 3 is 2.50 bits per heavy atom. The zero-order valence-corrected chi connectivity index (χ0v) is 10.9. The lowest BCUT2D eigenvalue weighted by atomic mass is 10.2. The van der Waals surface area contributed by atoms with Crippen molar-refractivity contribution in [3.8, 4) is 0 Å². The van der Waals surface area contributed by atoms with Crippen molar-refractivity contribution in [2.75, 3.05) is 5.32 Å². The molecule has 1 aliphatic rings. The molecule has 1 N–H and O–H groups in total. The van der Waals surface area contributed by atoms with Crippen LogP contribution in [0.25, 0.3) is 10.9 Å². The number of hydrogen-bond donors (Lipinski definition) is 1. The zero-order chi connectivity index (χ0) is 13.8. The first-order valence-electron chi connectivity index (χ1n) is 6.50. The molecule has 0 saturated carbocycles. The maximum atomic E-state index is 10.8. The van der Waals surface area contributed by atoms with Crippen LogP contribution in [0.2, 0.25) is 0 Å². The Hall–Kier alpha value is -2.68. The summed E-state index contributed by atoms with van der Waals surface area (Å²) >= 11 is 0. The summed E-state index contributed by atoms with van der Waals surface area (Å²) in [7, 11) is 0. The second-order valence-corrected chi connectivity index (χ2v) is 4.58. The fourth-order valence-corrected chi connectivity index (χ4v) is 2.18. The number of anilines is 1. The van der Waals surface area contributed by atoms with Gasteiger partial charge in [0.1, 0.15) is 0 Å². The zero-order valence-electron chi connectivity index (χ0n) is 10.9. The van der Waals surface area contributed by atoms with E-state index in [1.807, 2.05) is 54.7 Å². The van der Waals surface area contributed by atoms with Gasteiger partial charge in [-0.05, 0) is 23.8 Å². The number of pyridine rings is 1. The summed E-state index contributed by atoms with van der Waals surface area (Å²) in [6.07, 6.45) is 2.35. The van der Waals surface area contributed by atoms with E-state index in [0.717, 1.165) is 16.8 Å². The molecule has 20 heavy (non-hydrogen) atoms. The molecule has 0 fully saturated rings. The van der Waals surface area contributed by atoms with Crippen LogP contribution in [0.5, 0.6) is 0 Å². The molecule has 3 nitrogen and oxygen atoms in total. The highest BCUT2D eigenvalue weighted by Gasteiger charge is 2.15. The molecule has 3 heteroatoms. The molecule has 0 atom stereocenters. The molecule has 0 bridgehead atoms. The summed E-state index contributed by atoms with van der Waals surface area (Å²) in [5.74, 6) is 0.0983. The molecule has 3 aromatic rings. The molecule has 2 aromatic carbocycles. The number of para-hydroxylation sites is 2. The molecule has 0 unspecified atom stereocenters. The van der Waals surface area contributed by atoms with E-state index in [1.54, 1.807) is 0 Å². The molecule has 2 heterocycles. The van der Waals surface area contributed by atoms with Crippen molar-refractivity contribution in [1.82, 2.24) is 4.98 Å². The van der Waals surface area contributed by atoms with Gasteiger partial charge in [0.05, 0.1) is 11.9 Å². The predicted molar refractivity (Wildman–Crippen MR) is 80.5 cm³/mol. The van der Waals surface area contributed by atoms with Crippen LogP contribution in [-0.4, -0.2) is 10.9 Å². The quantitative estimate of drug-likeness (QED) is 0.674. The number of nitrogens with one attached hydrogen (secondary N) is 1. The minimum Gasteiger partial charge on any atom is -0.326 e. The Bertz CT molecular complexity index is 660. The highest BCUT2D eigenvalue weighted by Crippen LogP contribution is 2.21. The number of benzene rings is 2. The van der Waals surface area contributed by atoms with E-state index < -0.39 is 0 Å². The first-order valence-corrected chi connectivity index (χ1v) is 6.50. The molecule has 0 saturated heterocycles. The first kappa shape index (κ1) is 12.4. The van der Waals surface area contributed by atoms with E-state index in [9.17, 15) is 4.79 Å². The Morgan fingerprint density at radius 1 is 0.900 bits per heavy atom. The smallest absolute Gasteiger partial charge is 0.228 e. The van der Waals surface area contributed by atoms with E-state index >= 15 is 0 Å². The van der Waals surface area contributed by atoms with Crippen molar-refractivity contribution in [2.24, 2.45) is 0 Å². The van der Waals surface area contributed by atoms with Gasteiger partial charge in [0.25, 0.3) is 0 Å². The highest BCUT2D eigenvalue weighted by atomic mass is 16.1. The molecule has 0 radical (unpaired) electrons. The van der Waals surface area contributed by atoms with E-state index in [1.165, 1.54) is 5.39 Å². The van der Waals surface area contributed by atoms with Gasteiger partial charge in [-0.1, -0.05) is 42.5 Å². The Labute approximate surface area is 117 Å². The normalized spacial score (nSPS) is 12.3. The summed E-state index contributed by atoms with van der Waals surface area (Å²) in [6.45, 7) is 0. The lowest BCUT2D eigenvalue weighted by Crippen LogP contribution is -2.03. The van der Waals surface area contributed by atoms with Gasteiger partial charge in [0.2, 0.25) is 5.91 Å². The minimum atomic E-state index is 0.0983. The van der Waals surface area contributed by atoms with Gasteiger partial charge in [0, 0.05) is 17.3 Å². The second kappa shape index (κ2) is 5.53. The number of aromatic nitrogens is 1. The van der Waals surface area contributed by atoms with Gasteiger partial charge in [-0.25, -0.2) is 0 Å². The lowest BCUT2D eigenvalue weighted by molar-refractivity contribution is -0.115. The van der Waals surface area contributed by atoms with Crippen molar-refractivity contribution in [3.05, 3.63) is 72.4 Å². The lowest BCUT2D eigenvalue weighted by Gasteiger charge is -1.93. The maximum absolute atomic E-state index is 10.8. The van der Waals surface area contributed by atoms with Gasteiger partial charge in [-0.2, -0.15) is 0 Å². The topological polar surface area (TPSA) is 42.0 Å². The second-order valence-electron chi connectivity index (χ2n) is 4.58. The molecule has 98 valence electrons.